The van der Waals surface area contributed by atoms with Crippen LogP contribution in [0.2, 0.25) is 0 Å². The van der Waals surface area contributed by atoms with Gasteiger partial charge >= 0.3 is 5.97 Å². The largest absolute Gasteiger partial charge is 0.497 e. The molecule has 0 saturated carbocycles. The Balaban J connectivity index is 2.19. The second kappa shape index (κ2) is 5.36. The molecular weight excluding hydrogens is 248 g/mol. The summed E-state index contributed by atoms with van der Waals surface area (Å²) in [4.78, 5) is 10.9. The van der Waals surface area contributed by atoms with Gasteiger partial charge in [0.25, 0.3) is 0 Å². The number of anilines is 1. The zero-order valence-electron chi connectivity index (χ0n) is 11.0. The van der Waals surface area contributed by atoms with Gasteiger partial charge in [-0.25, -0.2) is 0 Å². The Morgan fingerprint density at radius 1 is 1.32 bits per heavy atom. The zero-order valence-corrected chi connectivity index (χ0v) is 11.0. The van der Waals surface area contributed by atoms with Crippen molar-refractivity contribution in [2.45, 2.75) is 12.0 Å². The van der Waals surface area contributed by atoms with E-state index in [9.17, 15) is 4.79 Å². The Morgan fingerprint density at radius 2 is 1.89 bits per heavy atom. The minimum atomic E-state index is -0.816. The van der Waals surface area contributed by atoms with E-state index in [-0.39, 0.29) is 6.42 Å². The highest BCUT2D eigenvalue weighted by Gasteiger charge is 2.39. The van der Waals surface area contributed by atoms with E-state index in [0.29, 0.717) is 24.6 Å². The Bertz CT molecular complexity index is 449. The van der Waals surface area contributed by atoms with Gasteiger partial charge in [-0.3, -0.25) is 4.79 Å². The van der Waals surface area contributed by atoms with Gasteiger partial charge in [0.15, 0.2) is 0 Å². The van der Waals surface area contributed by atoms with Gasteiger partial charge < -0.3 is 25.2 Å². The summed E-state index contributed by atoms with van der Waals surface area (Å²) in [5.74, 6) is 0.517. The monoisotopic (exact) mass is 266 g/mol. The van der Waals surface area contributed by atoms with Gasteiger partial charge in [-0.1, -0.05) is 0 Å². The fourth-order valence-electron chi connectivity index (χ4n) is 2.16. The number of hydrogen-bond donors (Lipinski definition) is 3. The number of ether oxygens (including phenoxy) is 2. The van der Waals surface area contributed by atoms with Gasteiger partial charge in [0.1, 0.15) is 11.5 Å². The SMILES string of the molecule is COc1cc(NC2(CC(=O)O)CNC2)cc(OC)c1. The third-order valence-electron chi connectivity index (χ3n) is 3.18. The molecule has 6 nitrogen and oxygen atoms in total. The number of methoxy groups -OCH3 is 2. The van der Waals surface area contributed by atoms with Crippen LogP contribution in [0.3, 0.4) is 0 Å². The van der Waals surface area contributed by atoms with Crippen LogP contribution in [-0.2, 0) is 4.79 Å². The molecular formula is C13H18N2O4. The highest BCUT2D eigenvalue weighted by molar-refractivity contribution is 5.70. The topological polar surface area (TPSA) is 79.8 Å². The van der Waals surface area contributed by atoms with E-state index in [1.807, 2.05) is 12.1 Å². The third-order valence-corrected chi connectivity index (χ3v) is 3.18. The summed E-state index contributed by atoms with van der Waals surface area (Å²) in [6.45, 7) is 1.25. The van der Waals surface area contributed by atoms with E-state index in [1.54, 1.807) is 20.3 Å². The molecule has 1 aromatic rings. The van der Waals surface area contributed by atoms with E-state index >= 15 is 0 Å². The quantitative estimate of drug-likeness (QED) is 0.711. The van der Waals surface area contributed by atoms with Crippen LogP contribution in [0, 0.1) is 0 Å². The van der Waals surface area contributed by atoms with E-state index in [4.69, 9.17) is 14.6 Å². The summed E-state index contributed by atoms with van der Waals surface area (Å²) < 4.78 is 10.4. The van der Waals surface area contributed by atoms with Crippen LogP contribution < -0.4 is 20.1 Å². The Kier molecular flexibility index (Phi) is 3.80. The summed E-state index contributed by atoms with van der Waals surface area (Å²) in [6, 6.07) is 5.42. The van der Waals surface area contributed by atoms with Crippen molar-refractivity contribution in [2.24, 2.45) is 0 Å². The number of carboxylic acid groups (broad SMARTS) is 1. The van der Waals surface area contributed by atoms with Gasteiger partial charge in [-0.2, -0.15) is 0 Å². The third kappa shape index (κ3) is 3.08. The first kappa shape index (κ1) is 13.5. The molecule has 19 heavy (non-hydrogen) atoms. The van der Waals surface area contributed by atoms with Crippen LogP contribution in [-0.4, -0.2) is 43.9 Å². The maximum Gasteiger partial charge on any atom is 0.305 e. The van der Waals surface area contributed by atoms with Crippen LogP contribution in [0.5, 0.6) is 11.5 Å². The van der Waals surface area contributed by atoms with Crippen molar-refractivity contribution in [3.05, 3.63) is 18.2 Å². The summed E-state index contributed by atoms with van der Waals surface area (Å²) in [7, 11) is 3.16. The van der Waals surface area contributed by atoms with E-state index in [0.717, 1.165) is 5.69 Å². The molecule has 1 aliphatic heterocycles. The number of nitrogens with one attached hydrogen (secondary N) is 2. The molecule has 0 spiro atoms. The van der Waals surface area contributed by atoms with Crippen LogP contribution in [0.1, 0.15) is 6.42 Å². The van der Waals surface area contributed by atoms with Crippen molar-refractivity contribution in [2.75, 3.05) is 32.6 Å². The van der Waals surface area contributed by atoms with Crippen molar-refractivity contribution in [3.63, 3.8) is 0 Å². The minimum Gasteiger partial charge on any atom is -0.497 e. The smallest absolute Gasteiger partial charge is 0.305 e. The minimum absolute atomic E-state index is 0.0690. The molecule has 0 atom stereocenters. The summed E-state index contributed by atoms with van der Waals surface area (Å²) in [5.41, 5.74) is 0.349. The summed E-state index contributed by atoms with van der Waals surface area (Å²) >= 11 is 0. The number of aliphatic carboxylic acids is 1. The molecule has 104 valence electrons. The second-order valence-corrected chi connectivity index (χ2v) is 4.68. The lowest BCUT2D eigenvalue weighted by Crippen LogP contribution is -2.65. The van der Waals surface area contributed by atoms with Crippen LogP contribution in [0.25, 0.3) is 0 Å². The Labute approximate surface area is 111 Å². The molecule has 3 N–H and O–H groups in total. The maximum atomic E-state index is 10.9. The molecule has 1 heterocycles. The first-order valence-electron chi connectivity index (χ1n) is 6.01. The first-order valence-corrected chi connectivity index (χ1v) is 6.01. The molecule has 1 aliphatic rings. The lowest BCUT2D eigenvalue weighted by molar-refractivity contribution is -0.138. The predicted molar refractivity (Wildman–Crippen MR) is 71.0 cm³/mol. The fraction of sp³-hybridized carbons (Fsp3) is 0.462. The van der Waals surface area contributed by atoms with Gasteiger partial charge in [0.05, 0.1) is 26.2 Å². The number of carbonyl (C=O) groups is 1. The summed E-state index contributed by atoms with van der Waals surface area (Å²) in [6.07, 6.45) is 0.0690. The molecule has 2 rings (SSSR count). The second-order valence-electron chi connectivity index (χ2n) is 4.68. The standard InChI is InChI=1S/C13H18N2O4/c1-18-10-3-9(4-11(5-10)19-2)15-13(6-12(16)17)7-14-8-13/h3-5,14-15H,6-8H2,1-2H3,(H,16,17). The molecule has 0 unspecified atom stereocenters. The molecule has 6 heteroatoms. The van der Waals surface area contributed by atoms with Crippen molar-refractivity contribution in [1.29, 1.82) is 0 Å². The van der Waals surface area contributed by atoms with Gasteiger partial charge in [0.2, 0.25) is 0 Å². The molecule has 1 aromatic carbocycles. The van der Waals surface area contributed by atoms with E-state index < -0.39 is 11.5 Å². The lowest BCUT2D eigenvalue weighted by atomic mass is 9.88. The number of rotatable bonds is 6. The molecule has 1 saturated heterocycles. The average Bonchev–Trinajstić information content (AvgIpc) is 2.35. The molecule has 0 radical (unpaired) electrons. The summed E-state index contributed by atoms with van der Waals surface area (Å²) in [5, 5.41) is 15.3. The molecule has 0 aliphatic carbocycles. The number of benzene rings is 1. The van der Waals surface area contributed by atoms with E-state index in [1.165, 1.54) is 0 Å². The van der Waals surface area contributed by atoms with Crippen molar-refractivity contribution in [3.8, 4) is 11.5 Å². The maximum absolute atomic E-state index is 10.9. The van der Waals surface area contributed by atoms with Gasteiger partial charge in [-0.15, -0.1) is 0 Å². The molecule has 1 fully saturated rings. The normalized spacial score (nSPS) is 16.3. The van der Waals surface area contributed by atoms with Gasteiger partial charge in [-0.05, 0) is 0 Å². The molecule has 0 amide bonds. The van der Waals surface area contributed by atoms with Crippen LogP contribution >= 0.6 is 0 Å². The zero-order chi connectivity index (χ0) is 13.9. The van der Waals surface area contributed by atoms with Crippen molar-refractivity contribution >= 4 is 11.7 Å². The van der Waals surface area contributed by atoms with E-state index in [2.05, 4.69) is 10.6 Å². The Hall–Kier alpha value is -1.95. The van der Waals surface area contributed by atoms with Crippen LogP contribution in [0.4, 0.5) is 5.69 Å². The van der Waals surface area contributed by atoms with Crippen molar-refractivity contribution < 1.29 is 19.4 Å². The number of carboxylic acids is 1. The molecule has 0 aromatic heterocycles. The fourth-order valence-corrected chi connectivity index (χ4v) is 2.16. The van der Waals surface area contributed by atoms with Crippen molar-refractivity contribution in [1.82, 2.24) is 5.32 Å². The number of hydrogen-bond acceptors (Lipinski definition) is 5. The first-order chi connectivity index (χ1) is 9.07. The Morgan fingerprint density at radius 3 is 2.26 bits per heavy atom. The molecule has 0 bridgehead atoms. The average molecular weight is 266 g/mol. The highest BCUT2D eigenvalue weighted by Crippen LogP contribution is 2.30. The highest BCUT2D eigenvalue weighted by atomic mass is 16.5. The van der Waals surface area contributed by atoms with Gasteiger partial charge in [0, 0.05) is 37.0 Å². The predicted octanol–water partition coefficient (Wildman–Crippen LogP) is 0.932. The van der Waals surface area contributed by atoms with Crippen LogP contribution in [0.15, 0.2) is 18.2 Å². The lowest BCUT2D eigenvalue weighted by Gasteiger charge is -2.43.